The van der Waals surface area contributed by atoms with Gasteiger partial charge in [-0.15, -0.1) is 0 Å². The summed E-state index contributed by atoms with van der Waals surface area (Å²) in [6.45, 7) is 8.05. The first-order valence-electron chi connectivity index (χ1n) is 9.29. The normalized spacial score (nSPS) is 19.1. The molecule has 148 valence electrons. The zero-order valence-electron chi connectivity index (χ0n) is 15.9. The third-order valence-corrected chi connectivity index (χ3v) is 5.07. The maximum atomic E-state index is 13.8. The number of amides is 3. The molecule has 3 rings (SSSR count). The molecular weight excluding hydrogens is 351 g/mol. The standard InChI is InChI=1S/C19H27FN4O3/c1-14(25)23-6-3-7-24(9-8-23)17-5-4-15(20)10-16(17)22-18(26)21-11-19(2)12-27-13-19/h4-5,10H,3,6-9,11-13H2,1-2H3,(H2,21,22,26). The smallest absolute Gasteiger partial charge is 0.319 e. The summed E-state index contributed by atoms with van der Waals surface area (Å²) < 4.78 is 19.0. The minimum Gasteiger partial charge on any atom is -0.380 e. The van der Waals surface area contributed by atoms with Crippen LogP contribution in [0, 0.1) is 11.2 Å². The molecule has 27 heavy (non-hydrogen) atoms. The third-order valence-electron chi connectivity index (χ3n) is 5.07. The van der Waals surface area contributed by atoms with E-state index in [4.69, 9.17) is 4.74 Å². The number of nitrogens with one attached hydrogen (secondary N) is 2. The first kappa shape index (κ1) is 19.4. The monoisotopic (exact) mass is 378 g/mol. The van der Waals surface area contributed by atoms with Crippen LogP contribution in [0.1, 0.15) is 20.3 Å². The molecule has 0 spiro atoms. The molecule has 0 aliphatic carbocycles. The highest BCUT2D eigenvalue weighted by atomic mass is 19.1. The lowest BCUT2D eigenvalue weighted by atomic mass is 9.89. The van der Waals surface area contributed by atoms with Crippen LogP contribution in [0.3, 0.4) is 0 Å². The van der Waals surface area contributed by atoms with E-state index >= 15 is 0 Å². The summed E-state index contributed by atoms with van der Waals surface area (Å²) >= 11 is 0. The van der Waals surface area contributed by atoms with E-state index in [2.05, 4.69) is 15.5 Å². The quantitative estimate of drug-likeness (QED) is 0.841. The number of benzene rings is 1. The molecular formula is C19H27FN4O3. The van der Waals surface area contributed by atoms with E-state index in [0.717, 1.165) is 18.7 Å². The summed E-state index contributed by atoms with van der Waals surface area (Å²) in [5.74, 6) is -0.351. The Hall–Kier alpha value is -2.35. The minimum absolute atomic E-state index is 0.0386. The molecule has 0 aromatic heterocycles. The van der Waals surface area contributed by atoms with Crippen molar-refractivity contribution in [2.45, 2.75) is 20.3 Å². The molecule has 2 fully saturated rings. The van der Waals surface area contributed by atoms with Crippen molar-refractivity contribution in [3.63, 3.8) is 0 Å². The van der Waals surface area contributed by atoms with Crippen molar-refractivity contribution < 1.29 is 18.7 Å². The van der Waals surface area contributed by atoms with Crippen molar-refractivity contribution in [3.05, 3.63) is 24.0 Å². The predicted octanol–water partition coefficient (Wildman–Crippen LogP) is 2.04. The van der Waals surface area contributed by atoms with Crippen LogP contribution in [0.5, 0.6) is 0 Å². The lowest BCUT2D eigenvalue weighted by molar-refractivity contribution is -0.128. The summed E-state index contributed by atoms with van der Waals surface area (Å²) in [5.41, 5.74) is 1.15. The fraction of sp³-hybridized carbons (Fsp3) is 0.579. The number of nitrogens with zero attached hydrogens (tertiary/aromatic N) is 2. The van der Waals surface area contributed by atoms with E-state index in [9.17, 15) is 14.0 Å². The van der Waals surface area contributed by atoms with Crippen LogP contribution in [0.4, 0.5) is 20.6 Å². The van der Waals surface area contributed by atoms with E-state index < -0.39 is 5.82 Å². The van der Waals surface area contributed by atoms with Crippen LogP contribution < -0.4 is 15.5 Å². The van der Waals surface area contributed by atoms with E-state index in [1.165, 1.54) is 12.1 Å². The Morgan fingerprint density at radius 3 is 2.67 bits per heavy atom. The van der Waals surface area contributed by atoms with Gasteiger partial charge < -0.3 is 25.2 Å². The molecule has 0 bridgehead atoms. The number of ether oxygens (including phenoxy) is 1. The number of carbonyl (C=O) groups excluding carboxylic acids is 2. The summed E-state index contributed by atoms with van der Waals surface area (Å²) in [5, 5.41) is 5.60. The average molecular weight is 378 g/mol. The fourth-order valence-electron chi connectivity index (χ4n) is 3.37. The largest absolute Gasteiger partial charge is 0.380 e. The number of rotatable bonds is 4. The van der Waals surface area contributed by atoms with Gasteiger partial charge in [-0.1, -0.05) is 6.92 Å². The molecule has 3 amide bonds. The Kier molecular flexibility index (Phi) is 5.84. The zero-order valence-corrected chi connectivity index (χ0v) is 15.9. The Morgan fingerprint density at radius 1 is 1.22 bits per heavy atom. The maximum absolute atomic E-state index is 13.8. The number of hydrogen-bond acceptors (Lipinski definition) is 4. The first-order chi connectivity index (χ1) is 12.9. The van der Waals surface area contributed by atoms with Crippen LogP contribution >= 0.6 is 0 Å². The number of anilines is 2. The molecule has 0 radical (unpaired) electrons. The molecule has 2 aliphatic heterocycles. The van der Waals surface area contributed by atoms with Gasteiger partial charge in [0, 0.05) is 45.1 Å². The van der Waals surface area contributed by atoms with Gasteiger partial charge in [0.2, 0.25) is 5.91 Å². The molecule has 0 saturated carbocycles. The summed E-state index contributed by atoms with van der Waals surface area (Å²) in [6, 6.07) is 4.03. The van der Waals surface area contributed by atoms with Crippen LogP contribution in [-0.2, 0) is 9.53 Å². The molecule has 2 heterocycles. The van der Waals surface area contributed by atoms with Gasteiger partial charge in [-0.05, 0) is 24.6 Å². The highest BCUT2D eigenvalue weighted by Crippen LogP contribution is 2.28. The van der Waals surface area contributed by atoms with Gasteiger partial charge in [0.25, 0.3) is 0 Å². The average Bonchev–Trinajstić information content (AvgIpc) is 2.85. The number of halogens is 1. The second-order valence-electron chi connectivity index (χ2n) is 7.62. The van der Waals surface area contributed by atoms with Crippen LogP contribution in [0.2, 0.25) is 0 Å². The highest BCUT2D eigenvalue weighted by Gasteiger charge is 2.33. The number of hydrogen-bond donors (Lipinski definition) is 2. The lowest BCUT2D eigenvalue weighted by Gasteiger charge is -2.38. The van der Waals surface area contributed by atoms with Crippen LogP contribution in [0.15, 0.2) is 18.2 Å². The van der Waals surface area contributed by atoms with Crippen molar-refractivity contribution in [2.75, 3.05) is 56.2 Å². The molecule has 0 unspecified atom stereocenters. The Morgan fingerprint density at radius 2 is 2.00 bits per heavy atom. The highest BCUT2D eigenvalue weighted by molar-refractivity contribution is 5.93. The molecule has 1 aromatic carbocycles. The van der Waals surface area contributed by atoms with Crippen molar-refractivity contribution in [3.8, 4) is 0 Å². The second-order valence-corrected chi connectivity index (χ2v) is 7.62. The summed E-state index contributed by atoms with van der Waals surface area (Å²) in [6.07, 6.45) is 0.820. The van der Waals surface area contributed by atoms with Crippen LogP contribution in [-0.4, -0.2) is 62.8 Å². The first-order valence-corrected chi connectivity index (χ1v) is 9.29. The molecule has 2 saturated heterocycles. The summed E-state index contributed by atoms with van der Waals surface area (Å²) in [7, 11) is 0. The lowest BCUT2D eigenvalue weighted by Crippen LogP contribution is -2.49. The molecule has 2 N–H and O–H groups in total. The number of urea groups is 1. The van der Waals surface area contributed by atoms with Gasteiger partial charge in [0.15, 0.2) is 0 Å². The molecule has 1 aromatic rings. The Balaban J connectivity index is 1.67. The Bertz CT molecular complexity index is 708. The third kappa shape index (κ3) is 4.88. The van der Waals surface area contributed by atoms with Gasteiger partial charge in [0.1, 0.15) is 5.82 Å². The second kappa shape index (κ2) is 8.12. The Labute approximate surface area is 158 Å². The summed E-state index contributed by atoms with van der Waals surface area (Å²) in [4.78, 5) is 27.8. The SMILES string of the molecule is CC(=O)N1CCCN(c2ccc(F)cc2NC(=O)NCC2(C)COC2)CC1. The van der Waals surface area contributed by atoms with E-state index in [-0.39, 0.29) is 17.4 Å². The molecule has 2 aliphatic rings. The van der Waals surface area contributed by atoms with E-state index in [0.29, 0.717) is 45.1 Å². The minimum atomic E-state index is -0.409. The topological polar surface area (TPSA) is 73.9 Å². The van der Waals surface area contributed by atoms with Gasteiger partial charge >= 0.3 is 6.03 Å². The van der Waals surface area contributed by atoms with Crippen LogP contribution in [0.25, 0.3) is 0 Å². The molecule has 7 nitrogen and oxygen atoms in total. The predicted molar refractivity (Wildman–Crippen MR) is 101 cm³/mol. The molecule has 8 heteroatoms. The fourth-order valence-corrected chi connectivity index (χ4v) is 3.37. The van der Waals surface area contributed by atoms with Crippen molar-refractivity contribution in [1.29, 1.82) is 0 Å². The van der Waals surface area contributed by atoms with Crippen molar-refractivity contribution in [1.82, 2.24) is 10.2 Å². The maximum Gasteiger partial charge on any atom is 0.319 e. The molecule has 0 atom stereocenters. The van der Waals surface area contributed by atoms with Crippen molar-refractivity contribution >= 4 is 23.3 Å². The zero-order chi connectivity index (χ0) is 19.4. The number of carbonyl (C=O) groups is 2. The van der Waals surface area contributed by atoms with Gasteiger partial charge in [-0.25, -0.2) is 9.18 Å². The van der Waals surface area contributed by atoms with Crippen molar-refractivity contribution in [2.24, 2.45) is 5.41 Å². The van der Waals surface area contributed by atoms with E-state index in [1.807, 2.05) is 11.8 Å². The van der Waals surface area contributed by atoms with Gasteiger partial charge in [-0.2, -0.15) is 0 Å². The van der Waals surface area contributed by atoms with E-state index in [1.54, 1.807) is 13.0 Å². The van der Waals surface area contributed by atoms with Gasteiger partial charge in [0.05, 0.1) is 24.6 Å². The van der Waals surface area contributed by atoms with Gasteiger partial charge in [-0.3, -0.25) is 4.79 Å².